The van der Waals surface area contributed by atoms with Gasteiger partial charge in [-0.1, -0.05) is 30.3 Å². The molecule has 0 bridgehead atoms. The van der Waals surface area contributed by atoms with E-state index in [1.807, 2.05) is 30.3 Å². The minimum Gasteiger partial charge on any atom is -0.486 e. The highest BCUT2D eigenvalue weighted by Gasteiger charge is 2.07. The third-order valence-electron chi connectivity index (χ3n) is 2.89. The van der Waals surface area contributed by atoms with Crippen molar-refractivity contribution < 1.29 is 14.2 Å². The number of aliphatic hydroxyl groups excluding tert-OH is 1. The van der Waals surface area contributed by atoms with Gasteiger partial charge in [-0.15, -0.1) is 11.6 Å². The Kier molecular flexibility index (Phi) is 5.84. The van der Waals surface area contributed by atoms with Gasteiger partial charge in [0.15, 0.2) is 11.6 Å². The highest BCUT2D eigenvalue weighted by molar-refractivity contribution is 6.18. The van der Waals surface area contributed by atoms with Crippen LogP contribution in [0.2, 0.25) is 0 Å². The van der Waals surface area contributed by atoms with Gasteiger partial charge in [0.25, 0.3) is 0 Å². The Bertz CT molecular complexity index is 565. The van der Waals surface area contributed by atoms with E-state index in [-0.39, 0.29) is 18.2 Å². The van der Waals surface area contributed by atoms with Crippen LogP contribution in [0.3, 0.4) is 0 Å². The van der Waals surface area contributed by atoms with E-state index >= 15 is 0 Å². The van der Waals surface area contributed by atoms with Crippen LogP contribution < -0.4 is 10.1 Å². The molecule has 21 heavy (non-hydrogen) atoms. The Balaban J connectivity index is 1.93. The lowest BCUT2D eigenvalue weighted by atomic mass is 10.2. The van der Waals surface area contributed by atoms with Crippen molar-refractivity contribution in [1.82, 2.24) is 0 Å². The maximum absolute atomic E-state index is 13.9. The van der Waals surface area contributed by atoms with Gasteiger partial charge in [0.2, 0.25) is 0 Å². The van der Waals surface area contributed by atoms with Crippen LogP contribution in [0.25, 0.3) is 0 Å². The molecular weight excluding hydrogens is 293 g/mol. The average Bonchev–Trinajstić information content (AvgIpc) is 2.52. The van der Waals surface area contributed by atoms with E-state index in [4.69, 9.17) is 16.3 Å². The molecule has 0 aliphatic heterocycles. The van der Waals surface area contributed by atoms with Crippen molar-refractivity contribution in [2.24, 2.45) is 0 Å². The van der Waals surface area contributed by atoms with Crippen LogP contribution in [0.4, 0.5) is 10.1 Å². The Morgan fingerprint density at radius 2 is 1.95 bits per heavy atom. The number of aliphatic hydroxyl groups is 1. The first-order valence-corrected chi connectivity index (χ1v) is 7.16. The number of alkyl halides is 1. The van der Waals surface area contributed by atoms with Gasteiger partial charge >= 0.3 is 0 Å². The standard InChI is InChI=1S/C16H17ClFNO2/c17-9-14(20)10-19-13-6-7-16(15(18)8-13)21-11-12-4-2-1-3-5-12/h1-8,14,19-20H,9-11H2/t14-/m0/s1. The minimum absolute atomic E-state index is 0.133. The van der Waals surface area contributed by atoms with Gasteiger partial charge in [-0.25, -0.2) is 4.39 Å². The normalized spacial score (nSPS) is 12.0. The number of nitrogens with one attached hydrogen (secondary N) is 1. The zero-order chi connectivity index (χ0) is 15.1. The molecule has 0 unspecified atom stereocenters. The van der Waals surface area contributed by atoms with E-state index in [9.17, 15) is 9.50 Å². The summed E-state index contributed by atoms with van der Waals surface area (Å²) >= 11 is 5.49. The second kappa shape index (κ2) is 7.86. The summed E-state index contributed by atoms with van der Waals surface area (Å²) < 4.78 is 19.4. The Labute approximate surface area is 128 Å². The maximum atomic E-state index is 13.9. The van der Waals surface area contributed by atoms with Crippen molar-refractivity contribution in [3.05, 3.63) is 59.9 Å². The topological polar surface area (TPSA) is 41.5 Å². The van der Waals surface area contributed by atoms with Gasteiger partial charge in [-0.2, -0.15) is 0 Å². The molecule has 0 aliphatic rings. The van der Waals surface area contributed by atoms with Crippen LogP contribution >= 0.6 is 11.6 Å². The monoisotopic (exact) mass is 309 g/mol. The Morgan fingerprint density at radius 3 is 2.62 bits per heavy atom. The minimum atomic E-state index is -0.663. The lowest BCUT2D eigenvalue weighted by molar-refractivity contribution is 0.211. The second-order valence-electron chi connectivity index (χ2n) is 4.61. The van der Waals surface area contributed by atoms with E-state index < -0.39 is 11.9 Å². The van der Waals surface area contributed by atoms with Crippen molar-refractivity contribution in [3.8, 4) is 5.75 Å². The zero-order valence-electron chi connectivity index (χ0n) is 11.4. The maximum Gasteiger partial charge on any atom is 0.167 e. The average molecular weight is 310 g/mol. The van der Waals surface area contributed by atoms with Gasteiger partial charge in [0, 0.05) is 18.3 Å². The summed E-state index contributed by atoms with van der Waals surface area (Å²) in [4.78, 5) is 0. The summed E-state index contributed by atoms with van der Waals surface area (Å²) in [5.41, 5.74) is 1.55. The molecule has 0 aliphatic carbocycles. The van der Waals surface area contributed by atoms with Gasteiger partial charge in [0.05, 0.1) is 12.0 Å². The van der Waals surface area contributed by atoms with E-state index in [0.29, 0.717) is 12.3 Å². The van der Waals surface area contributed by atoms with Crippen molar-refractivity contribution in [1.29, 1.82) is 0 Å². The van der Waals surface area contributed by atoms with Crippen LogP contribution in [-0.4, -0.2) is 23.6 Å². The predicted molar refractivity (Wildman–Crippen MR) is 82.4 cm³/mol. The number of anilines is 1. The lowest BCUT2D eigenvalue weighted by Crippen LogP contribution is -2.20. The van der Waals surface area contributed by atoms with Gasteiger partial charge in [-0.05, 0) is 17.7 Å². The van der Waals surface area contributed by atoms with Crippen molar-refractivity contribution in [2.45, 2.75) is 12.7 Å². The largest absolute Gasteiger partial charge is 0.486 e. The molecule has 0 fully saturated rings. The van der Waals surface area contributed by atoms with Gasteiger partial charge < -0.3 is 15.2 Å². The van der Waals surface area contributed by atoms with Crippen molar-refractivity contribution >= 4 is 17.3 Å². The van der Waals surface area contributed by atoms with Gasteiger partial charge in [0.1, 0.15) is 6.61 Å². The zero-order valence-corrected chi connectivity index (χ0v) is 12.2. The fourth-order valence-corrected chi connectivity index (χ4v) is 1.86. The first-order chi connectivity index (χ1) is 10.2. The molecule has 1 atom stereocenters. The molecule has 0 saturated heterocycles. The fourth-order valence-electron chi connectivity index (χ4n) is 1.75. The third kappa shape index (κ3) is 4.92. The van der Waals surface area contributed by atoms with E-state index in [1.54, 1.807) is 12.1 Å². The molecule has 0 spiro atoms. The molecule has 3 nitrogen and oxygen atoms in total. The quantitative estimate of drug-likeness (QED) is 0.770. The molecule has 2 aromatic rings. The molecule has 0 saturated carbocycles. The fraction of sp³-hybridized carbons (Fsp3) is 0.250. The summed E-state index contributed by atoms with van der Waals surface area (Å²) in [6.45, 7) is 0.586. The number of hydrogen-bond acceptors (Lipinski definition) is 3. The second-order valence-corrected chi connectivity index (χ2v) is 4.92. The summed E-state index contributed by atoms with van der Waals surface area (Å²) in [5.74, 6) is -0.119. The summed E-state index contributed by atoms with van der Waals surface area (Å²) in [7, 11) is 0. The van der Waals surface area contributed by atoms with Crippen LogP contribution in [0.5, 0.6) is 5.75 Å². The van der Waals surface area contributed by atoms with Crippen molar-refractivity contribution in [2.75, 3.05) is 17.7 Å². The summed E-state index contributed by atoms with van der Waals surface area (Å²) in [6, 6.07) is 14.2. The number of halogens is 2. The number of hydrogen-bond donors (Lipinski definition) is 2. The van der Waals surface area contributed by atoms with Crippen LogP contribution in [0.1, 0.15) is 5.56 Å². The molecule has 0 amide bonds. The summed E-state index contributed by atoms with van der Waals surface area (Å²) in [5, 5.41) is 12.2. The number of benzene rings is 2. The molecule has 2 aromatic carbocycles. The predicted octanol–water partition coefficient (Wildman–Crippen LogP) is 3.42. The van der Waals surface area contributed by atoms with Crippen LogP contribution in [-0.2, 0) is 6.61 Å². The van der Waals surface area contributed by atoms with Gasteiger partial charge in [-0.3, -0.25) is 0 Å². The molecule has 0 heterocycles. The highest BCUT2D eigenvalue weighted by atomic mass is 35.5. The smallest absolute Gasteiger partial charge is 0.167 e. The highest BCUT2D eigenvalue weighted by Crippen LogP contribution is 2.22. The molecule has 2 rings (SSSR count). The first-order valence-electron chi connectivity index (χ1n) is 6.63. The molecule has 0 aromatic heterocycles. The SMILES string of the molecule is O[C@@H](CCl)CNc1ccc(OCc2ccccc2)c(F)c1. The van der Waals surface area contributed by atoms with E-state index in [2.05, 4.69) is 5.32 Å². The van der Waals surface area contributed by atoms with Crippen molar-refractivity contribution in [3.63, 3.8) is 0 Å². The number of rotatable bonds is 7. The Morgan fingerprint density at radius 1 is 1.19 bits per heavy atom. The molecule has 5 heteroatoms. The Hall–Kier alpha value is -1.78. The molecule has 2 N–H and O–H groups in total. The molecular formula is C16H17ClFNO2. The third-order valence-corrected chi connectivity index (χ3v) is 3.25. The van der Waals surface area contributed by atoms with Crippen LogP contribution in [0.15, 0.2) is 48.5 Å². The molecule has 0 radical (unpaired) electrons. The first kappa shape index (κ1) is 15.6. The summed E-state index contributed by atoms with van der Waals surface area (Å²) in [6.07, 6.45) is -0.663. The lowest BCUT2D eigenvalue weighted by Gasteiger charge is -2.12. The van der Waals surface area contributed by atoms with Crippen LogP contribution in [0, 0.1) is 5.82 Å². The molecule has 112 valence electrons. The van der Waals surface area contributed by atoms with E-state index in [0.717, 1.165) is 5.56 Å². The van der Waals surface area contributed by atoms with E-state index in [1.165, 1.54) is 6.07 Å². The number of ether oxygens (including phenoxy) is 1.